The van der Waals surface area contributed by atoms with Gasteiger partial charge in [0.15, 0.2) is 0 Å². The molecule has 0 radical (unpaired) electrons. The second-order valence-corrected chi connectivity index (χ2v) is 7.99. The van der Waals surface area contributed by atoms with Gasteiger partial charge in [-0.15, -0.1) is 0 Å². The van der Waals surface area contributed by atoms with Crippen LogP contribution >= 0.6 is 0 Å². The number of nitrogens with zero attached hydrogens (tertiary/aromatic N) is 3. The molecule has 0 unspecified atom stereocenters. The van der Waals surface area contributed by atoms with Crippen LogP contribution in [0.2, 0.25) is 0 Å². The lowest BCUT2D eigenvalue weighted by Crippen LogP contribution is -2.16. The molecule has 0 saturated heterocycles. The predicted molar refractivity (Wildman–Crippen MR) is 91.3 cm³/mol. The molecular formula is C18H31N3O. The lowest BCUT2D eigenvalue weighted by Gasteiger charge is -2.19. The van der Waals surface area contributed by atoms with E-state index in [1.165, 1.54) is 11.3 Å². The summed E-state index contributed by atoms with van der Waals surface area (Å²) < 4.78 is 7.16. The minimum Gasteiger partial charge on any atom is -0.361 e. The maximum Gasteiger partial charge on any atom is 0.137 e. The Bertz CT molecular complexity index is 527. The smallest absolute Gasteiger partial charge is 0.137 e. The summed E-state index contributed by atoms with van der Waals surface area (Å²) in [7, 11) is 2.04. The zero-order chi connectivity index (χ0) is 17.3. The molecule has 0 amide bonds. The largest absolute Gasteiger partial charge is 0.361 e. The van der Waals surface area contributed by atoms with Gasteiger partial charge in [0.25, 0.3) is 0 Å². The number of aromatic nitrogens is 3. The van der Waals surface area contributed by atoms with Crippen molar-refractivity contribution >= 4 is 0 Å². The molecule has 0 aromatic carbocycles. The lowest BCUT2D eigenvalue weighted by molar-refractivity contribution is 0.389. The third kappa shape index (κ3) is 4.21. The summed E-state index contributed by atoms with van der Waals surface area (Å²) in [4.78, 5) is 4.25. The van der Waals surface area contributed by atoms with Crippen molar-refractivity contribution in [1.29, 1.82) is 0 Å². The Hall–Kier alpha value is -1.58. The summed E-state index contributed by atoms with van der Waals surface area (Å²) in [6.07, 6.45) is 1.87. The fourth-order valence-electron chi connectivity index (χ4n) is 3.17. The van der Waals surface area contributed by atoms with Gasteiger partial charge in [-0.1, -0.05) is 46.7 Å². The average molecular weight is 305 g/mol. The van der Waals surface area contributed by atoms with Crippen LogP contribution < -0.4 is 0 Å². The van der Waals surface area contributed by atoms with Gasteiger partial charge in [0.1, 0.15) is 5.76 Å². The summed E-state index contributed by atoms with van der Waals surface area (Å²) >= 11 is 0. The molecule has 2 aromatic heterocycles. The first kappa shape index (κ1) is 18.5. The Kier molecular flexibility index (Phi) is 5.26. The topological polar surface area (TPSA) is 43.9 Å². The van der Waals surface area contributed by atoms with Gasteiger partial charge in [-0.25, -0.2) is 4.98 Å². The molecule has 4 heteroatoms. The highest BCUT2D eigenvalue weighted by Crippen LogP contribution is 2.28. The second-order valence-electron chi connectivity index (χ2n) is 7.99. The highest BCUT2D eigenvalue weighted by molar-refractivity contribution is 5.28. The SMILES string of the molecule is Cc1ncn(C)c1C(C)(C)C.Cc1noc(C)c1C(C)(C)C. The fourth-order valence-corrected chi connectivity index (χ4v) is 3.17. The summed E-state index contributed by atoms with van der Waals surface area (Å²) in [5, 5.41) is 3.91. The van der Waals surface area contributed by atoms with Crippen LogP contribution in [0.15, 0.2) is 10.9 Å². The highest BCUT2D eigenvalue weighted by atomic mass is 16.5. The van der Waals surface area contributed by atoms with E-state index in [0.29, 0.717) is 0 Å². The van der Waals surface area contributed by atoms with E-state index >= 15 is 0 Å². The molecule has 4 nitrogen and oxygen atoms in total. The molecule has 124 valence electrons. The molecule has 0 atom stereocenters. The maximum atomic E-state index is 5.07. The Morgan fingerprint density at radius 2 is 1.45 bits per heavy atom. The van der Waals surface area contributed by atoms with Gasteiger partial charge in [-0.2, -0.15) is 0 Å². The predicted octanol–water partition coefficient (Wildman–Crippen LogP) is 4.61. The normalized spacial score (nSPS) is 12.1. The summed E-state index contributed by atoms with van der Waals surface area (Å²) in [5.41, 5.74) is 5.05. The number of rotatable bonds is 0. The van der Waals surface area contributed by atoms with Gasteiger partial charge in [-0.05, 0) is 26.2 Å². The van der Waals surface area contributed by atoms with Crippen molar-refractivity contribution in [2.45, 2.75) is 73.1 Å². The van der Waals surface area contributed by atoms with Gasteiger partial charge < -0.3 is 9.09 Å². The van der Waals surface area contributed by atoms with Crippen LogP contribution in [-0.4, -0.2) is 14.7 Å². The number of aryl methyl sites for hydroxylation is 4. The van der Waals surface area contributed by atoms with Crippen molar-refractivity contribution in [2.75, 3.05) is 0 Å². The van der Waals surface area contributed by atoms with Gasteiger partial charge in [0, 0.05) is 23.7 Å². The van der Waals surface area contributed by atoms with Crippen molar-refractivity contribution in [1.82, 2.24) is 14.7 Å². The molecule has 0 aliphatic heterocycles. The summed E-state index contributed by atoms with van der Waals surface area (Å²) in [5.74, 6) is 0.940. The third-order valence-corrected chi connectivity index (χ3v) is 3.61. The van der Waals surface area contributed by atoms with Gasteiger partial charge in [-0.3, -0.25) is 0 Å². The van der Waals surface area contributed by atoms with E-state index in [1.807, 2.05) is 27.2 Å². The van der Waals surface area contributed by atoms with E-state index in [2.05, 4.69) is 63.2 Å². The summed E-state index contributed by atoms with van der Waals surface area (Å²) in [6.45, 7) is 19.1. The van der Waals surface area contributed by atoms with Crippen LogP contribution in [0.25, 0.3) is 0 Å². The van der Waals surface area contributed by atoms with Crippen LogP contribution in [0.4, 0.5) is 0 Å². The van der Waals surface area contributed by atoms with Crippen LogP contribution in [0.5, 0.6) is 0 Å². The number of imidazole rings is 1. The van der Waals surface area contributed by atoms with E-state index in [-0.39, 0.29) is 10.8 Å². The molecule has 0 bridgehead atoms. The lowest BCUT2D eigenvalue weighted by atomic mass is 9.86. The van der Waals surface area contributed by atoms with Crippen molar-refractivity contribution in [2.24, 2.45) is 7.05 Å². The molecule has 2 heterocycles. The van der Waals surface area contributed by atoms with Gasteiger partial charge in [0.2, 0.25) is 0 Å². The zero-order valence-corrected chi connectivity index (χ0v) is 15.8. The van der Waals surface area contributed by atoms with E-state index in [1.54, 1.807) is 0 Å². The maximum absolute atomic E-state index is 5.07. The van der Waals surface area contributed by atoms with Crippen LogP contribution in [-0.2, 0) is 17.9 Å². The molecule has 0 aliphatic carbocycles. The highest BCUT2D eigenvalue weighted by Gasteiger charge is 2.22. The molecule has 2 aromatic rings. The number of hydrogen-bond donors (Lipinski definition) is 0. The van der Waals surface area contributed by atoms with Crippen LogP contribution in [0, 0.1) is 20.8 Å². The quantitative estimate of drug-likeness (QED) is 0.713. The molecule has 0 N–H and O–H groups in total. The standard InChI is InChI=1S/C9H16N2.C9H15NO/c1-7-8(9(2,3)4)11(5)6-10-7;1-6-8(9(3,4)5)7(2)11-10-6/h6H,1-5H3;1-5H3. The van der Waals surface area contributed by atoms with E-state index in [4.69, 9.17) is 4.52 Å². The molecule has 0 spiro atoms. The van der Waals surface area contributed by atoms with Crippen LogP contribution in [0.1, 0.15) is 69.9 Å². The zero-order valence-electron chi connectivity index (χ0n) is 15.8. The Labute approximate surface area is 134 Å². The van der Waals surface area contributed by atoms with Crippen molar-refractivity contribution in [3.63, 3.8) is 0 Å². The molecule has 0 saturated carbocycles. The molecular weight excluding hydrogens is 274 g/mol. The minimum absolute atomic E-state index is 0.147. The van der Waals surface area contributed by atoms with Gasteiger partial charge in [0.05, 0.1) is 17.7 Å². The minimum atomic E-state index is 0.147. The summed E-state index contributed by atoms with van der Waals surface area (Å²) in [6, 6.07) is 0. The van der Waals surface area contributed by atoms with Crippen LogP contribution in [0.3, 0.4) is 0 Å². The molecule has 0 aliphatic rings. The Morgan fingerprint density at radius 3 is 1.64 bits per heavy atom. The van der Waals surface area contributed by atoms with E-state index in [0.717, 1.165) is 17.1 Å². The third-order valence-electron chi connectivity index (χ3n) is 3.61. The van der Waals surface area contributed by atoms with Crippen molar-refractivity contribution in [3.05, 3.63) is 34.7 Å². The second kappa shape index (κ2) is 6.27. The fraction of sp³-hybridized carbons (Fsp3) is 0.667. The first-order valence-corrected chi connectivity index (χ1v) is 7.77. The number of hydrogen-bond acceptors (Lipinski definition) is 3. The Balaban J connectivity index is 0.000000220. The van der Waals surface area contributed by atoms with Crippen molar-refractivity contribution < 1.29 is 4.52 Å². The molecule has 22 heavy (non-hydrogen) atoms. The average Bonchev–Trinajstić information content (AvgIpc) is 2.81. The monoisotopic (exact) mass is 305 g/mol. The molecule has 2 rings (SSSR count). The first-order valence-electron chi connectivity index (χ1n) is 7.77. The van der Waals surface area contributed by atoms with E-state index < -0.39 is 0 Å². The first-order chi connectivity index (χ1) is 9.85. The molecule has 0 fully saturated rings. The van der Waals surface area contributed by atoms with Crippen molar-refractivity contribution in [3.8, 4) is 0 Å². The van der Waals surface area contributed by atoms with E-state index in [9.17, 15) is 0 Å². The Morgan fingerprint density at radius 1 is 0.909 bits per heavy atom. The van der Waals surface area contributed by atoms with Gasteiger partial charge >= 0.3 is 0 Å².